The van der Waals surface area contributed by atoms with Crippen LogP contribution in [0.15, 0.2) is 47.8 Å². The zero-order valence-corrected chi connectivity index (χ0v) is 19.8. The van der Waals surface area contributed by atoms with Crippen LogP contribution in [0.4, 0.5) is 0 Å². The van der Waals surface area contributed by atoms with Gasteiger partial charge >= 0.3 is 0 Å². The van der Waals surface area contributed by atoms with Crippen LogP contribution in [-0.2, 0) is 29.3 Å². The molecular formula is C23H26N2O3S3. The molecule has 0 bridgehead atoms. The number of benzene rings is 1. The van der Waals surface area contributed by atoms with Gasteiger partial charge < -0.3 is 5.32 Å². The maximum atomic E-state index is 13.1. The number of carbonyl (C=O) groups is 1. The number of amides is 1. The predicted octanol–water partition coefficient (Wildman–Crippen LogP) is 4.30. The lowest BCUT2D eigenvalue weighted by molar-refractivity contribution is 0.0947. The Morgan fingerprint density at radius 2 is 1.90 bits per heavy atom. The van der Waals surface area contributed by atoms with Gasteiger partial charge in [0.05, 0.1) is 17.2 Å². The number of thiophene rings is 2. The van der Waals surface area contributed by atoms with Crippen LogP contribution in [0.1, 0.15) is 55.0 Å². The summed E-state index contributed by atoms with van der Waals surface area (Å²) in [5.74, 6) is -0.108. The molecule has 1 unspecified atom stereocenters. The minimum atomic E-state index is -3.21. The fourth-order valence-electron chi connectivity index (χ4n) is 3.90. The first-order chi connectivity index (χ1) is 14.9. The second kappa shape index (κ2) is 9.65. The number of hydrogen-bond donors (Lipinski definition) is 2. The normalized spacial score (nSPS) is 14.7. The Morgan fingerprint density at radius 1 is 1.10 bits per heavy atom. The third-order valence-electron chi connectivity index (χ3n) is 5.43. The average Bonchev–Trinajstić information content (AvgIpc) is 3.43. The lowest BCUT2D eigenvalue weighted by Crippen LogP contribution is -2.28. The van der Waals surface area contributed by atoms with Crippen molar-refractivity contribution in [1.82, 2.24) is 10.0 Å². The molecule has 0 spiro atoms. The lowest BCUT2D eigenvalue weighted by Gasteiger charge is -2.22. The molecule has 1 amide bonds. The summed E-state index contributed by atoms with van der Waals surface area (Å²) in [7, 11) is -3.21. The van der Waals surface area contributed by atoms with Crippen molar-refractivity contribution in [3.8, 4) is 0 Å². The summed E-state index contributed by atoms with van der Waals surface area (Å²) in [6.45, 7) is 0.327. The monoisotopic (exact) mass is 474 g/mol. The number of carbonyl (C=O) groups excluding carboxylic acids is 1. The highest BCUT2D eigenvalue weighted by Crippen LogP contribution is 2.31. The van der Waals surface area contributed by atoms with Gasteiger partial charge in [0.15, 0.2) is 0 Å². The minimum absolute atomic E-state index is 0.108. The highest BCUT2D eigenvalue weighted by atomic mass is 32.2. The molecule has 2 N–H and O–H groups in total. The van der Waals surface area contributed by atoms with Crippen LogP contribution in [0.3, 0.4) is 0 Å². The molecule has 3 aromatic rings. The topological polar surface area (TPSA) is 75.3 Å². The van der Waals surface area contributed by atoms with Crippen molar-refractivity contribution < 1.29 is 13.2 Å². The summed E-state index contributed by atoms with van der Waals surface area (Å²) in [6.07, 6.45) is 6.41. The smallest absolute Gasteiger partial charge is 0.262 e. The first kappa shape index (κ1) is 22.2. The quantitative estimate of drug-likeness (QED) is 0.511. The van der Waals surface area contributed by atoms with Crippen LogP contribution in [0, 0.1) is 0 Å². The molecule has 4 rings (SSSR count). The van der Waals surface area contributed by atoms with E-state index in [9.17, 15) is 13.2 Å². The molecule has 5 nitrogen and oxygen atoms in total. The molecule has 0 aliphatic heterocycles. The van der Waals surface area contributed by atoms with Crippen LogP contribution < -0.4 is 10.0 Å². The van der Waals surface area contributed by atoms with E-state index >= 15 is 0 Å². The fourth-order valence-corrected chi connectivity index (χ4v) is 6.09. The first-order valence-corrected chi connectivity index (χ1v) is 14.0. The maximum absolute atomic E-state index is 13.1. The number of hydrogen-bond acceptors (Lipinski definition) is 5. The molecule has 1 aromatic carbocycles. The SMILES string of the molecule is CS(=O)(=O)NCCc1ccc(C(=O)NC(c2ccc3c(c2)CCCC3)c2cccs2)s1. The standard InChI is InChI=1S/C23H26N2O3S3/c1-31(27,28)24-13-12-19-10-11-21(30-19)23(26)25-22(20-7-4-14-29-20)18-9-8-16-5-2-3-6-17(16)15-18/h4,7-11,14-15,22,24H,2-3,5-6,12-13H2,1H3,(H,25,26). The van der Waals surface area contributed by atoms with E-state index in [1.54, 1.807) is 11.3 Å². The Balaban J connectivity index is 1.50. The summed E-state index contributed by atoms with van der Waals surface area (Å²) in [6, 6.07) is 14.2. The highest BCUT2D eigenvalue weighted by molar-refractivity contribution is 7.88. The Morgan fingerprint density at radius 3 is 2.65 bits per heavy atom. The van der Waals surface area contributed by atoms with Gasteiger partial charge in [0.25, 0.3) is 5.91 Å². The van der Waals surface area contributed by atoms with E-state index in [1.807, 2.05) is 23.6 Å². The summed E-state index contributed by atoms with van der Waals surface area (Å²) in [5, 5.41) is 5.26. The summed E-state index contributed by atoms with van der Waals surface area (Å²) in [5.41, 5.74) is 3.94. The van der Waals surface area contributed by atoms with Gasteiger partial charge in [-0.05, 0) is 72.4 Å². The van der Waals surface area contributed by atoms with Crippen LogP contribution in [0.25, 0.3) is 0 Å². The van der Waals surface area contributed by atoms with E-state index in [-0.39, 0.29) is 11.9 Å². The summed E-state index contributed by atoms with van der Waals surface area (Å²) in [4.78, 5) is 15.8. The molecule has 0 saturated carbocycles. The van der Waals surface area contributed by atoms with Crippen molar-refractivity contribution in [2.24, 2.45) is 0 Å². The Kier molecular flexibility index (Phi) is 6.91. The third kappa shape index (κ3) is 5.83. The Hall–Kier alpha value is -2.00. The van der Waals surface area contributed by atoms with E-state index in [0.29, 0.717) is 17.8 Å². The zero-order valence-electron chi connectivity index (χ0n) is 17.4. The van der Waals surface area contributed by atoms with Gasteiger partial charge in [-0.25, -0.2) is 13.1 Å². The van der Waals surface area contributed by atoms with Crippen LogP contribution in [-0.4, -0.2) is 27.1 Å². The van der Waals surface area contributed by atoms with E-state index in [4.69, 9.17) is 0 Å². The number of aryl methyl sites for hydroxylation is 2. The van der Waals surface area contributed by atoms with Crippen molar-refractivity contribution in [2.45, 2.75) is 38.1 Å². The summed E-state index contributed by atoms with van der Waals surface area (Å²) < 4.78 is 24.9. The Labute approximate surface area is 191 Å². The summed E-state index contributed by atoms with van der Waals surface area (Å²) >= 11 is 3.05. The second-order valence-corrected chi connectivity index (χ2v) is 11.8. The predicted molar refractivity (Wildman–Crippen MR) is 128 cm³/mol. The maximum Gasteiger partial charge on any atom is 0.262 e. The third-order valence-corrected chi connectivity index (χ3v) is 8.24. The molecule has 0 saturated heterocycles. The van der Waals surface area contributed by atoms with Crippen molar-refractivity contribution in [3.05, 3.63) is 79.2 Å². The molecule has 2 heterocycles. The molecular weight excluding hydrogens is 448 g/mol. The van der Waals surface area contributed by atoms with Gasteiger partial charge in [-0.15, -0.1) is 22.7 Å². The number of nitrogens with one attached hydrogen (secondary N) is 2. The fraction of sp³-hybridized carbons (Fsp3) is 0.348. The van der Waals surface area contributed by atoms with Gasteiger partial charge in [0.2, 0.25) is 10.0 Å². The van der Waals surface area contributed by atoms with Gasteiger partial charge in [0.1, 0.15) is 0 Å². The van der Waals surface area contributed by atoms with Crippen molar-refractivity contribution in [1.29, 1.82) is 0 Å². The molecule has 0 radical (unpaired) electrons. The van der Waals surface area contributed by atoms with Crippen molar-refractivity contribution in [3.63, 3.8) is 0 Å². The van der Waals surface area contributed by atoms with Gasteiger partial charge in [-0.1, -0.05) is 24.3 Å². The van der Waals surface area contributed by atoms with Gasteiger partial charge in [-0.2, -0.15) is 0 Å². The molecule has 164 valence electrons. The van der Waals surface area contributed by atoms with Crippen molar-refractivity contribution >= 4 is 38.6 Å². The van der Waals surface area contributed by atoms with Crippen molar-refractivity contribution in [2.75, 3.05) is 12.8 Å². The lowest BCUT2D eigenvalue weighted by atomic mass is 9.89. The first-order valence-electron chi connectivity index (χ1n) is 10.4. The van der Waals surface area contributed by atoms with E-state index in [0.717, 1.165) is 34.4 Å². The average molecular weight is 475 g/mol. The molecule has 1 aliphatic carbocycles. The highest BCUT2D eigenvalue weighted by Gasteiger charge is 2.21. The van der Waals surface area contributed by atoms with Gasteiger partial charge in [0, 0.05) is 16.3 Å². The molecule has 0 fully saturated rings. The van der Waals surface area contributed by atoms with Crippen LogP contribution in [0.5, 0.6) is 0 Å². The van der Waals surface area contributed by atoms with Crippen LogP contribution >= 0.6 is 22.7 Å². The van der Waals surface area contributed by atoms with E-state index in [2.05, 4.69) is 34.3 Å². The number of rotatable bonds is 8. The van der Waals surface area contributed by atoms with E-state index in [1.165, 1.54) is 35.3 Å². The largest absolute Gasteiger partial charge is 0.340 e. The zero-order chi connectivity index (χ0) is 21.8. The second-order valence-electron chi connectivity index (χ2n) is 7.84. The molecule has 31 heavy (non-hydrogen) atoms. The molecule has 1 atom stereocenters. The van der Waals surface area contributed by atoms with Crippen LogP contribution in [0.2, 0.25) is 0 Å². The van der Waals surface area contributed by atoms with E-state index < -0.39 is 10.0 Å². The minimum Gasteiger partial charge on any atom is -0.340 e. The molecule has 1 aliphatic rings. The van der Waals surface area contributed by atoms with Gasteiger partial charge in [-0.3, -0.25) is 4.79 Å². The molecule has 2 aromatic heterocycles. The Bertz CT molecular complexity index is 1150. The molecule has 8 heteroatoms. The number of fused-ring (bicyclic) bond motifs is 1. The number of sulfonamides is 1.